The number of carbonyl (C=O) groups is 1. The number of nitrogens with zero attached hydrogens (tertiary/aromatic N) is 4. The lowest BCUT2D eigenvalue weighted by Gasteiger charge is -2.36. The first kappa shape index (κ1) is 20.9. The predicted molar refractivity (Wildman–Crippen MR) is 98.7 cm³/mol. The predicted octanol–water partition coefficient (Wildman–Crippen LogP) is 2.37. The molecule has 1 unspecified atom stereocenters. The van der Waals surface area contributed by atoms with Crippen molar-refractivity contribution in [2.24, 2.45) is 7.05 Å². The summed E-state index contributed by atoms with van der Waals surface area (Å²) in [5.74, 6) is 0. The van der Waals surface area contributed by atoms with Gasteiger partial charge in [-0.05, 0) is 26.0 Å². The second-order valence-corrected chi connectivity index (χ2v) is 6.91. The molecule has 0 bridgehead atoms. The highest BCUT2D eigenvalue weighted by atomic mass is 19.4. The number of anilines is 1. The Hall–Kier alpha value is -2.82. The zero-order chi connectivity index (χ0) is 21.3. The van der Waals surface area contributed by atoms with Gasteiger partial charge >= 0.3 is 12.2 Å². The van der Waals surface area contributed by atoms with Crippen molar-refractivity contribution in [2.45, 2.75) is 32.6 Å². The number of rotatable bonds is 3. The van der Waals surface area contributed by atoms with Crippen molar-refractivity contribution >= 4 is 11.7 Å². The van der Waals surface area contributed by atoms with Crippen LogP contribution in [0.2, 0.25) is 0 Å². The molecule has 158 valence electrons. The van der Waals surface area contributed by atoms with Crippen LogP contribution in [-0.4, -0.2) is 51.2 Å². The summed E-state index contributed by atoms with van der Waals surface area (Å²) in [6.45, 7) is 2.57. The molecule has 0 aliphatic carbocycles. The normalized spacial score (nSPS) is 17.4. The fourth-order valence-corrected chi connectivity index (χ4v) is 3.48. The standard InChI is InChI=1S/C18H22F3N5O3/c1-11-15(12(2)26(23-11)10-18(19,20)21)14-9-29-8-7-25(14)17(28)22-13-5-4-6-24(3)16(13)27/h4-6,14H,7-10H2,1-3H3,(H,22,28). The number of carbonyl (C=O) groups excluding carboxylic acids is 1. The van der Waals surface area contributed by atoms with Gasteiger partial charge in [-0.3, -0.25) is 9.48 Å². The van der Waals surface area contributed by atoms with Crippen LogP contribution < -0.4 is 10.9 Å². The van der Waals surface area contributed by atoms with Gasteiger partial charge in [0.25, 0.3) is 5.56 Å². The lowest BCUT2D eigenvalue weighted by molar-refractivity contribution is -0.143. The van der Waals surface area contributed by atoms with Crippen molar-refractivity contribution in [3.63, 3.8) is 0 Å². The molecule has 3 heterocycles. The SMILES string of the molecule is Cc1nn(CC(F)(F)F)c(C)c1C1COCCN1C(=O)Nc1cccn(C)c1=O. The fraction of sp³-hybridized carbons (Fsp3) is 0.500. The molecule has 2 amide bonds. The van der Waals surface area contributed by atoms with E-state index in [1.165, 1.54) is 15.5 Å². The number of hydrogen-bond acceptors (Lipinski definition) is 4. The second-order valence-electron chi connectivity index (χ2n) is 6.91. The maximum Gasteiger partial charge on any atom is 0.408 e. The van der Waals surface area contributed by atoms with E-state index in [0.717, 1.165) is 4.68 Å². The number of aromatic nitrogens is 3. The summed E-state index contributed by atoms with van der Waals surface area (Å²) in [4.78, 5) is 26.5. The summed E-state index contributed by atoms with van der Waals surface area (Å²) in [6.07, 6.45) is -2.84. The average Bonchev–Trinajstić information content (AvgIpc) is 2.90. The molecule has 0 spiro atoms. The highest BCUT2D eigenvalue weighted by Gasteiger charge is 2.35. The minimum atomic E-state index is -4.41. The smallest absolute Gasteiger partial charge is 0.377 e. The molecule has 0 aromatic carbocycles. The van der Waals surface area contributed by atoms with Crippen molar-refractivity contribution in [3.8, 4) is 0 Å². The van der Waals surface area contributed by atoms with Gasteiger partial charge in [-0.2, -0.15) is 18.3 Å². The van der Waals surface area contributed by atoms with Crippen LogP contribution in [0.3, 0.4) is 0 Å². The molecular formula is C18H22F3N5O3. The van der Waals surface area contributed by atoms with E-state index in [1.54, 1.807) is 33.2 Å². The van der Waals surface area contributed by atoms with Gasteiger partial charge in [-0.15, -0.1) is 0 Å². The molecular weight excluding hydrogens is 391 g/mol. The topological polar surface area (TPSA) is 81.4 Å². The number of halogens is 3. The van der Waals surface area contributed by atoms with Crippen LogP contribution in [0.15, 0.2) is 23.1 Å². The third-order valence-corrected chi connectivity index (χ3v) is 4.85. The fourth-order valence-electron chi connectivity index (χ4n) is 3.48. The summed E-state index contributed by atoms with van der Waals surface area (Å²) in [6, 6.07) is 1.99. The molecule has 11 heteroatoms. The van der Waals surface area contributed by atoms with Gasteiger partial charge in [0.1, 0.15) is 12.2 Å². The minimum Gasteiger partial charge on any atom is -0.377 e. The first-order valence-electron chi connectivity index (χ1n) is 9.00. The van der Waals surface area contributed by atoms with Crippen molar-refractivity contribution < 1.29 is 22.7 Å². The highest BCUT2D eigenvalue weighted by Crippen LogP contribution is 2.31. The molecule has 2 aromatic rings. The third kappa shape index (κ3) is 4.44. The second kappa shape index (κ2) is 7.90. The van der Waals surface area contributed by atoms with Crippen LogP contribution >= 0.6 is 0 Å². The molecule has 1 saturated heterocycles. The summed E-state index contributed by atoms with van der Waals surface area (Å²) in [5, 5.41) is 6.60. The first-order chi connectivity index (χ1) is 13.6. The monoisotopic (exact) mass is 413 g/mol. The van der Waals surface area contributed by atoms with Gasteiger partial charge in [0.15, 0.2) is 0 Å². The van der Waals surface area contributed by atoms with E-state index in [1.807, 2.05) is 0 Å². The Kier molecular flexibility index (Phi) is 5.69. The molecule has 1 aliphatic rings. The Morgan fingerprint density at radius 3 is 2.79 bits per heavy atom. The number of morpholine rings is 1. The minimum absolute atomic E-state index is 0.117. The number of nitrogens with one attached hydrogen (secondary N) is 1. The van der Waals surface area contributed by atoms with Gasteiger partial charge in [0, 0.05) is 31.0 Å². The molecule has 29 heavy (non-hydrogen) atoms. The lowest BCUT2D eigenvalue weighted by Crippen LogP contribution is -2.46. The zero-order valence-corrected chi connectivity index (χ0v) is 16.3. The van der Waals surface area contributed by atoms with Gasteiger partial charge in [-0.1, -0.05) is 0 Å². The van der Waals surface area contributed by atoms with Crippen LogP contribution in [0.4, 0.5) is 23.7 Å². The molecule has 0 radical (unpaired) electrons. The molecule has 1 aliphatic heterocycles. The van der Waals surface area contributed by atoms with Gasteiger partial charge < -0.3 is 19.5 Å². The van der Waals surface area contributed by atoms with Gasteiger partial charge in [0.05, 0.1) is 24.9 Å². The summed E-state index contributed by atoms with van der Waals surface area (Å²) >= 11 is 0. The van der Waals surface area contributed by atoms with E-state index in [0.29, 0.717) is 17.0 Å². The molecule has 1 N–H and O–H groups in total. The Morgan fingerprint density at radius 1 is 1.38 bits per heavy atom. The van der Waals surface area contributed by atoms with E-state index in [4.69, 9.17) is 4.74 Å². The molecule has 1 atom stereocenters. The summed E-state index contributed by atoms with van der Waals surface area (Å²) in [5.41, 5.74) is 0.993. The number of amides is 2. The van der Waals surface area contributed by atoms with E-state index in [-0.39, 0.29) is 31.0 Å². The number of aryl methyl sites for hydroxylation is 2. The lowest BCUT2D eigenvalue weighted by atomic mass is 10.0. The molecule has 0 saturated carbocycles. The largest absolute Gasteiger partial charge is 0.408 e. The van der Waals surface area contributed by atoms with Crippen molar-refractivity contribution in [1.82, 2.24) is 19.2 Å². The van der Waals surface area contributed by atoms with E-state index in [2.05, 4.69) is 10.4 Å². The molecule has 1 fully saturated rings. The summed E-state index contributed by atoms with van der Waals surface area (Å²) in [7, 11) is 1.57. The summed E-state index contributed by atoms with van der Waals surface area (Å²) < 4.78 is 46.2. The van der Waals surface area contributed by atoms with E-state index in [9.17, 15) is 22.8 Å². The Morgan fingerprint density at radius 2 is 2.10 bits per heavy atom. The number of urea groups is 1. The van der Waals surface area contributed by atoms with Crippen LogP contribution in [0.1, 0.15) is 23.0 Å². The quantitative estimate of drug-likeness (QED) is 0.838. The maximum atomic E-state index is 12.9. The van der Waals surface area contributed by atoms with Crippen LogP contribution in [-0.2, 0) is 18.3 Å². The van der Waals surface area contributed by atoms with Gasteiger partial charge in [-0.25, -0.2) is 4.79 Å². The third-order valence-electron chi connectivity index (χ3n) is 4.85. The average molecular weight is 413 g/mol. The molecule has 3 rings (SSSR count). The van der Waals surface area contributed by atoms with Crippen molar-refractivity contribution in [2.75, 3.05) is 25.1 Å². The Bertz CT molecular complexity index is 967. The molecule has 2 aromatic heterocycles. The number of pyridine rings is 1. The van der Waals surface area contributed by atoms with E-state index >= 15 is 0 Å². The zero-order valence-electron chi connectivity index (χ0n) is 16.3. The molecule has 8 nitrogen and oxygen atoms in total. The maximum absolute atomic E-state index is 12.9. The first-order valence-corrected chi connectivity index (χ1v) is 9.00. The number of ether oxygens (including phenoxy) is 1. The Balaban J connectivity index is 1.89. The van der Waals surface area contributed by atoms with Crippen LogP contribution in [0.25, 0.3) is 0 Å². The van der Waals surface area contributed by atoms with Crippen molar-refractivity contribution in [1.29, 1.82) is 0 Å². The number of alkyl halides is 3. The van der Waals surface area contributed by atoms with E-state index < -0.39 is 24.8 Å². The van der Waals surface area contributed by atoms with Crippen LogP contribution in [0, 0.1) is 13.8 Å². The number of hydrogen-bond donors (Lipinski definition) is 1. The Labute approximate surface area is 164 Å². The van der Waals surface area contributed by atoms with Gasteiger partial charge in [0.2, 0.25) is 0 Å². The van der Waals surface area contributed by atoms with Crippen molar-refractivity contribution in [3.05, 3.63) is 45.6 Å². The van der Waals surface area contributed by atoms with Crippen LogP contribution in [0.5, 0.6) is 0 Å². The highest BCUT2D eigenvalue weighted by molar-refractivity contribution is 5.89.